The Labute approximate surface area is 171 Å². The van der Waals surface area contributed by atoms with E-state index in [1.54, 1.807) is 0 Å². The fourth-order valence-corrected chi connectivity index (χ4v) is 4.86. The van der Waals surface area contributed by atoms with Gasteiger partial charge in [0.25, 0.3) is 5.91 Å². The van der Waals surface area contributed by atoms with Crippen LogP contribution in [-0.2, 0) is 9.59 Å². The zero-order valence-corrected chi connectivity index (χ0v) is 16.8. The zero-order valence-electron chi connectivity index (χ0n) is 15.1. The summed E-state index contributed by atoms with van der Waals surface area (Å²) in [6.07, 6.45) is 1.76. The Morgan fingerprint density at radius 2 is 1.61 bits per heavy atom. The van der Waals surface area contributed by atoms with E-state index in [4.69, 9.17) is 17.3 Å². The number of aliphatic carboxylic acids is 1. The highest BCUT2D eigenvalue weighted by atomic mass is 32.2. The number of carboxylic acids is 1. The maximum atomic E-state index is 12.8. The molecule has 0 saturated carbocycles. The van der Waals surface area contributed by atoms with Crippen molar-refractivity contribution in [3.8, 4) is 0 Å². The van der Waals surface area contributed by atoms with Crippen molar-refractivity contribution >= 4 is 67.8 Å². The number of carbonyl (C=O) groups is 2. The highest BCUT2D eigenvalue weighted by Gasteiger charge is 2.32. The molecule has 0 radical (unpaired) electrons. The fraction of sp³-hybridized carbons (Fsp3) is 0.136. The predicted octanol–water partition coefficient (Wildman–Crippen LogP) is 4.98. The molecule has 3 aromatic rings. The monoisotopic (exact) mass is 407 g/mol. The van der Waals surface area contributed by atoms with Gasteiger partial charge in [0.05, 0.1) is 11.3 Å². The van der Waals surface area contributed by atoms with Crippen molar-refractivity contribution in [3.05, 3.63) is 64.6 Å². The molecular weight excluding hydrogens is 390 g/mol. The molecule has 0 atom stereocenters. The molecule has 0 unspecified atom stereocenters. The molecular formula is C22H17NO3S2. The third-order valence-corrected chi connectivity index (χ3v) is 6.32. The van der Waals surface area contributed by atoms with Crippen LogP contribution in [0.5, 0.6) is 0 Å². The average molecular weight is 408 g/mol. The number of benzene rings is 3. The van der Waals surface area contributed by atoms with Crippen LogP contribution in [-0.4, -0.2) is 32.7 Å². The molecule has 1 fully saturated rings. The average Bonchev–Trinajstić information content (AvgIpc) is 2.96. The van der Waals surface area contributed by atoms with E-state index in [0.29, 0.717) is 9.23 Å². The van der Waals surface area contributed by atoms with Crippen LogP contribution in [0.1, 0.15) is 17.5 Å². The van der Waals surface area contributed by atoms with Crippen molar-refractivity contribution < 1.29 is 14.7 Å². The number of carboxylic acid groups (broad SMARTS) is 1. The summed E-state index contributed by atoms with van der Waals surface area (Å²) in [5.41, 5.74) is 2.19. The lowest BCUT2D eigenvalue weighted by Crippen LogP contribution is -2.30. The van der Waals surface area contributed by atoms with Gasteiger partial charge in [-0.3, -0.25) is 14.5 Å². The lowest BCUT2D eigenvalue weighted by molar-refractivity contribution is -0.137. The Kier molecular flexibility index (Phi) is 4.91. The largest absolute Gasteiger partial charge is 0.481 e. The van der Waals surface area contributed by atoms with E-state index in [9.17, 15) is 9.59 Å². The molecule has 3 aromatic carbocycles. The Balaban J connectivity index is 1.87. The first-order valence-corrected chi connectivity index (χ1v) is 10.1. The zero-order chi connectivity index (χ0) is 19.8. The number of carbonyl (C=O) groups excluding carboxylic acids is 1. The van der Waals surface area contributed by atoms with E-state index in [2.05, 4.69) is 31.2 Å². The van der Waals surface area contributed by atoms with Crippen LogP contribution in [0.3, 0.4) is 0 Å². The lowest BCUT2D eigenvalue weighted by atomic mass is 9.92. The standard InChI is InChI=1S/C22H17NO3S2/c1-13-14-6-2-4-8-16(14)18(17-9-5-3-7-15(13)17)12-19-21(26)23(22(27)28-19)11-10-20(24)25/h2-9,12H,10-11H2,1H3,(H,24,25)/b19-12+. The van der Waals surface area contributed by atoms with Crippen LogP contribution in [0.4, 0.5) is 0 Å². The first kappa shape index (κ1) is 18.7. The molecule has 0 bridgehead atoms. The molecule has 1 saturated heterocycles. The Morgan fingerprint density at radius 3 is 2.14 bits per heavy atom. The number of rotatable bonds is 4. The minimum atomic E-state index is -0.950. The van der Waals surface area contributed by atoms with Crippen molar-refractivity contribution in [2.45, 2.75) is 13.3 Å². The van der Waals surface area contributed by atoms with Crippen molar-refractivity contribution in [2.75, 3.05) is 6.54 Å². The molecule has 28 heavy (non-hydrogen) atoms. The molecule has 1 heterocycles. The van der Waals surface area contributed by atoms with Gasteiger partial charge in [-0.1, -0.05) is 72.5 Å². The normalized spacial score (nSPS) is 15.9. The second-order valence-electron chi connectivity index (χ2n) is 6.61. The van der Waals surface area contributed by atoms with Gasteiger partial charge in [0, 0.05) is 6.54 Å². The first-order chi connectivity index (χ1) is 13.5. The summed E-state index contributed by atoms with van der Waals surface area (Å²) in [6.45, 7) is 2.20. The topological polar surface area (TPSA) is 57.6 Å². The van der Waals surface area contributed by atoms with Crippen LogP contribution < -0.4 is 0 Å². The Morgan fingerprint density at radius 1 is 1.07 bits per heavy atom. The van der Waals surface area contributed by atoms with E-state index in [0.717, 1.165) is 27.1 Å². The van der Waals surface area contributed by atoms with E-state index >= 15 is 0 Å². The maximum absolute atomic E-state index is 12.8. The van der Waals surface area contributed by atoms with Crippen molar-refractivity contribution in [2.24, 2.45) is 0 Å². The highest BCUT2D eigenvalue weighted by Crippen LogP contribution is 2.38. The first-order valence-electron chi connectivity index (χ1n) is 8.84. The van der Waals surface area contributed by atoms with E-state index < -0.39 is 5.97 Å². The molecule has 4 nitrogen and oxygen atoms in total. The smallest absolute Gasteiger partial charge is 0.305 e. The number of thiocarbonyl (C=S) groups is 1. The van der Waals surface area contributed by atoms with E-state index in [1.165, 1.54) is 22.2 Å². The molecule has 140 valence electrons. The maximum Gasteiger partial charge on any atom is 0.305 e. The number of aryl methyl sites for hydroxylation is 1. The second-order valence-corrected chi connectivity index (χ2v) is 8.28. The summed E-state index contributed by atoms with van der Waals surface area (Å²) in [7, 11) is 0. The van der Waals surface area contributed by atoms with Crippen LogP contribution in [0, 0.1) is 6.92 Å². The van der Waals surface area contributed by atoms with E-state index in [-0.39, 0.29) is 18.9 Å². The van der Waals surface area contributed by atoms with Gasteiger partial charge in [0.15, 0.2) is 0 Å². The summed E-state index contributed by atoms with van der Waals surface area (Å²) >= 11 is 6.54. The van der Waals surface area contributed by atoms with Crippen molar-refractivity contribution in [1.82, 2.24) is 4.90 Å². The van der Waals surface area contributed by atoms with Crippen LogP contribution in [0.15, 0.2) is 53.4 Å². The van der Waals surface area contributed by atoms with Crippen LogP contribution >= 0.6 is 24.0 Å². The Hall–Kier alpha value is -2.70. The number of hydrogen-bond donors (Lipinski definition) is 1. The highest BCUT2D eigenvalue weighted by molar-refractivity contribution is 8.26. The number of fused-ring (bicyclic) bond motifs is 2. The molecule has 4 rings (SSSR count). The van der Waals surface area contributed by atoms with Crippen LogP contribution in [0.25, 0.3) is 27.6 Å². The Bertz CT molecular complexity index is 1130. The summed E-state index contributed by atoms with van der Waals surface area (Å²) in [6, 6.07) is 16.3. The molecule has 0 aromatic heterocycles. The molecule has 0 spiro atoms. The number of amides is 1. The van der Waals surface area contributed by atoms with Gasteiger partial charge in [-0.25, -0.2) is 0 Å². The minimum absolute atomic E-state index is 0.0900. The SMILES string of the molecule is Cc1c2ccccc2c(/C=C2/SC(=S)N(CCC(=O)O)C2=O)c2ccccc12. The lowest BCUT2D eigenvalue weighted by Gasteiger charge is -2.13. The number of hydrogen-bond acceptors (Lipinski definition) is 4. The van der Waals surface area contributed by atoms with Gasteiger partial charge < -0.3 is 5.11 Å². The van der Waals surface area contributed by atoms with E-state index in [1.807, 2.05) is 30.3 Å². The second kappa shape index (κ2) is 7.37. The molecule has 1 aliphatic heterocycles. The van der Waals surface area contributed by atoms with Crippen LogP contribution in [0.2, 0.25) is 0 Å². The van der Waals surface area contributed by atoms with Gasteiger partial charge in [0.1, 0.15) is 4.32 Å². The molecule has 0 aliphatic carbocycles. The third-order valence-electron chi connectivity index (χ3n) is 4.94. The van der Waals surface area contributed by atoms with Gasteiger partial charge in [-0.2, -0.15) is 0 Å². The molecule has 6 heteroatoms. The molecule has 1 aliphatic rings. The van der Waals surface area contributed by atoms with Crippen molar-refractivity contribution in [1.29, 1.82) is 0 Å². The summed E-state index contributed by atoms with van der Waals surface area (Å²) < 4.78 is 0.401. The van der Waals surface area contributed by atoms with Gasteiger partial charge >= 0.3 is 5.97 Å². The summed E-state index contributed by atoms with van der Waals surface area (Å²) in [5, 5.41) is 13.4. The van der Waals surface area contributed by atoms with Gasteiger partial charge in [-0.05, 0) is 45.7 Å². The summed E-state index contributed by atoms with van der Waals surface area (Å²) in [5.74, 6) is -1.18. The third kappa shape index (κ3) is 3.19. The van der Waals surface area contributed by atoms with Crippen molar-refractivity contribution in [3.63, 3.8) is 0 Å². The summed E-state index contributed by atoms with van der Waals surface area (Å²) in [4.78, 5) is 25.6. The quantitative estimate of drug-likeness (QED) is 0.376. The minimum Gasteiger partial charge on any atom is -0.481 e. The molecule has 1 N–H and O–H groups in total. The predicted molar refractivity (Wildman–Crippen MR) is 118 cm³/mol. The van der Waals surface area contributed by atoms with Gasteiger partial charge in [-0.15, -0.1) is 0 Å². The van der Waals surface area contributed by atoms with Gasteiger partial charge in [0.2, 0.25) is 0 Å². The number of nitrogens with zero attached hydrogens (tertiary/aromatic N) is 1. The fourth-order valence-electron chi connectivity index (χ4n) is 3.57. The molecule has 1 amide bonds. The number of thioether (sulfide) groups is 1.